The van der Waals surface area contributed by atoms with E-state index >= 15 is 0 Å². The molecule has 0 saturated heterocycles. The first-order chi connectivity index (χ1) is 15.9. The lowest BCUT2D eigenvalue weighted by atomic mass is 10.1. The number of pyridine rings is 2. The van der Waals surface area contributed by atoms with Gasteiger partial charge in [-0.25, -0.2) is 14.2 Å². The van der Waals surface area contributed by atoms with Gasteiger partial charge in [-0.15, -0.1) is 5.10 Å². The normalized spacial score (nSPS) is 12.2. The fraction of sp³-hybridized carbons (Fsp3) is 0.364. The molecule has 0 fully saturated rings. The van der Waals surface area contributed by atoms with Gasteiger partial charge in [-0.05, 0) is 33.8 Å². The molecular weight excluding hydrogens is 467 g/mol. The third-order valence-corrected chi connectivity index (χ3v) is 4.84. The molecule has 0 spiro atoms. The molecule has 3 aromatic rings. The van der Waals surface area contributed by atoms with Crippen molar-refractivity contribution in [1.82, 2.24) is 25.0 Å². The van der Waals surface area contributed by atoms with E-state index in [0.717, 1.165) is 12.3 Å². The van der Waals surface area contributed by atoms with Crippen molar-refractivity contribution in [2.24, 2.45) is 7.05 Å². The Bertz CT molecular complexity index is 1210. The largest absolute Gasteiger partial charge is 0.457 e. The molecule has 12 heteroatoms. The molecule has 34 heavy (non-hydrogen) atoms. The third-order valence-electron chi connectivity index (χ3n) is 4.52. The highest BCUT2D eigenvalue weighted by atomic mass is 35.5. The maximum Gasteiger partial charge on any atom is 0.412 e. The SMILES string of the molecule is C[C@@H](OC(=O)Cc1c(-c2cc(F)c(NC(=O)OC(C)(C)C)cn2)nnn1C)c1cccnc1Cl. The summed E-state index contributed by atoms with van der Waals surface area (Å²) in [6.45, 7) is 6.75. The van der Waals surface area contributed by atoms with Gasteiger partial charge in [0.15, 0.2) is 5.82 Å². The number of hydrogen-bond acceptors (Lipinski definition) is 8. The predicted molar refractivity (Wildman–Crippen MR) is 122 cm³/mol. The number of amides is 1. The van der Waals surface area contributed by atoms with Crippen molar-refractivity contribution >= 4 is 29.4 Å². The first-order valence-electron chi connectivity index (χ1n) is 10.3. The summed E-state index contributed by atoms with van der Waals surface area (Å²) in [6, 6.07) is 4.49. The molecule has 1 atom stereocenters. The summed E-state index contributed by atoms with van der Waals surface area (Å²) in [5.41, 5.74) is 0.370. The van der Waals surface area contributed by atoms with Crippen molar-refractivity contribution in [2.75, 3.05) is 5.32 Å². The number of rotatable bonds is 6. The van der Waals surface area contributed by atoms with Crippen molar-refractivity contribution < 1.29 is 23.5 Å². The van der Waals surface area contributed by atoms with Crippen molar-refractivity contribution in [2.45, 2.75) is 45.8 Å². The van der Waals surface area contributed by atoms with E-state index in [1.165, 1.54) is 10.9 Å². The van der Waals surface area contributed by atoms with E-state index in [0.29, 0.717) is 11.3 Å². The molecule has 3 aromatic heterocycles. The standard InChI is InChI=1S/C22H24ClFN6O4/c1-12(13-7-6-8-25-20(13)23)33-18(31)10-17-19(28-29-30(17)5)15-9-14(24)16(11-26-15)27-21(32)34-22(2,3)4/h6-9,11-12H,10H2,1-5H3,(H,27,32)/t12-/m1/s1. The van der Waals surface area contributed by atoms with Crippen LogP contribution in [-0.2, 0) is 27.7 Å². The first kappa shape index (κ1) is 25.0. The van der Waals surface area contributed by atoms with E-state index < -0.39 is 29.6 Å². The van der Waals surface area contributed by atoms with Crippen molar-refractivity contribution in [3.05, 3.63) is 52.8 Å². The Kier molecular flexibility index (Phi) is 7.45. The second kappa shape index (κ2) is 10.1. The molecule has 3 heterocycles. The lowest BCUT2D eigenvalue weighted by Crippen LogP contribution is -2.27. The van der Waals surface area contributed by atoms with Crippen LogP contribution in [0.5, 0.6) is 0 Å². The molecule has 0 aliphatic heterocycles. The van der Waals surface area contributed by atoms with Crippen LogP contribution in [0.1, 0.15) is 45.1 Å². The minimum Gasteiger partial charge on any atom is -0.457 e. The predicted octanol–water partition coefficient (Wildman–Crippen LogP) is 4.26. The number of nitrogens with one attached hydrogen (secondary N) is 1. The van der Waals surface area contributed by atoms with Gasteiger partial charge in [0, 0.05) is 24.9 Å². The highest BCUT2D eigenvalue weighted by Crippen LogP contribution is 2.26. The van der Waals surface area contributed by atoms with Crippen LogP contribution < -0.4 is 5.32 Å². The van der Waals surface area contributed by atoms with Gasteiger partial charge in [0.1, 0.15) is 22.6 Å². The summed E-state index contributed by atoms with van der Waals surface area (Å²) in [4.78, 5) is 32.6. The Balaban J connectivity index is 1.75. The minimum absolute atomic E-state index is 0.131. The molecule has 3 rings (SSSR count). The number of carbonyl (C=O) groups excluding carboxylic acids is 2. The fourth-order valence-electron chi connectivity index (χ4n) is 2.98. The zero-order chi connectivity index (χ0) is 25.0. The molecule has 0 aliphatic carbocycles. The Labute approximate surface area is 200 Å². The van der Waals surface area contributed by atoms with Gasteiger partial charge in [0.25, 0.3) is 0 Å². The van der Waals surface area contributed by atoms with Gasteiger partial charge in [0.2, 0.25) is 0 Å². The Morgan fingerprint density at radius 3 is 2.68 bits per heavy atom. The number of aromatic nitrogens is 5. The Morgan fingerprint density at radius 2 is 2.03 bits per heavy atom. The summed E-state index contributed by atoms with van der Waals surface area (Å²) in [5.74, 6) is -1.32. The molecule has 1 amide bonds. The van der Waals surface area contributed by atoms with Crippen LogP contribution in [0.2, 0.25) is 5.15 Å². The molecular formula is C22H24ClFN6O4. The summed E-state index contributed by atoms with van der Waals surface area (Å²) in [5, 5.41) is 10.5. The number of ether oxygens (including phenoxy) is 2. The molecule has 1 N–H and O–H groups in total. The zero-order valence-corrected chi connectivity index (χ0v) is 20.1. The number of carbonyl (C=O) groups is 2. The lowest BCUT2D eigenvalue weighted by Gasteiger charge is -2.19. The van der Waals surface area contributed by atoms with E-state index in [2.05, 4.69) is 25.6 Å². The molecule has 0 saturated carbocycles. The van der Waals surface area contributed by atoms with Crippen molar-refractivity contribution in [3.63, 3.8) is 0 Å². The number of nitrogens with zero attached hydrogens (tertiary/aromatic N) is 5. The second-order valence-electron chi connectivity index (χ2n) is 8.38. The van der Waals surface area contributed by atoms with E-state index in [1.54, 1.807) is 46.9 Å². The monoisotopic (exact) mass is 490 g/mol. The van der Waals surface area contributed by atoms with Gasteiger partial charge in [-0.3, -0.25) is 19.8 Å². The highest BCUT2D eigenvalue weighted by Gasteiger charge is 2.23. The number of hydrogen-bond donors (Lipinski definition) is 1. The quantitative estimate of drug-likeness (QED) is 0.402. The van der Waals surface area contributed by atoms with Crippen LogP contribution in [-0.4, -0.2) is 42.6 Å². The van der Waals surface area contributed by atoms with Crippen LogP contribution >= 0.6 is 11.6 Å². The van der Waals surface area contributed by atoms with Crippen LogP contribution in [0.15, 0.2) is 30.6 Å². The topological polar surface area (TPSA) is 121 Å². The first-order valence-corrected chi connectivity index (χ1v) is 10.7. The summed E-state index contributed by atoms with van der Waals surface area (Å²) in [6.07, 6.45) is 1.04. The minimum atomic E-state index is -0.813. The number of halogens is 2. The maximum absolute atomic E-state index is 14.7. The smallest absolute Gasteiger partial charge is 0.412 e. The number of aryl methyl sites for hydroxylation is 1. The van der Waals surface area contributed by atoms with Crippen LogP contribution in [0.25, 0.3) is 11.4 Å². The summed E-state index contributed by atoms with van der Waals surface area (Å²) < 4.78 is 26.6. The Morgan fingerprint density at radius 1 is 1.29 bits per heavy atom. The lowest BCUT2D eigenvalue weighted by molar-refractivity contribution is -0.147. The van der Waals surface area contributed by atoms with Gasteiger partial charge < -0.3 is 9.47 Å². The molecule has 0 bridgehead atoms. The van der Waals surface area contributed by atoms with Crippen LogP contribution in [0.3, 0.4) is 0 Å². The van der Waals surface area contributed by atoms with E-state index in [1.807, 2.05) is 0 Å². The molecule has 180 valence electrons. The second-order valence-corrected chi connectivity index (χ2v) is 8.73. The van der Waals surface area contributed by atoms with Crippen molar-refractivity contribution in [3.8, 4) is 11.4 Å². The average Bonchev–Trinajstić information content (AvgIpc) is 3.08. The summed E-state index contributed by atoms with van der Waals surface area (Å²) >= 11 is 6.06. The summed E-state index contributed by atoms with van der Waals surface area (Å²) in [7, 11) is 1.59. The van der Waals surface area contributed by atoms with Gasteiger partial charge in [0.05, 0.1) is 29.7 Å². The van der Waals surface area contributed by atoms with Gasteiger partial charge >= 0.3 is 12.1 Å². The fourth-order valence-corrected chi connectivity index (χ4v) is 3.25. The number of esters is 1. The molecule has 10 nitrogen and oxygen atoms in total. The van der Waals surface area contributed by atoms with Gasteiger partial charge in [-0.2, -0.15) is 0 Å². The zero-order valence-electron chi connectivity index (χ0n) is 19.3. The molecule has 0 radical (unpaired) electrons. The molecule has 0 aromatic carbocycles. The average molecular weight is 491 g/mol. The Hall–Kier alpha value is -3.60. The van der Waals surface area contributed by atoms with Crippen LogP contribution in [0, 0.1) is 5.82 Å². The van der Waals surface area contributed by atoms with E-state index in [-0.39, 0.29) is 28.6 Å². The molecule has 0 aliphatic rings. The van der Waals surface area contributed by atoms with Crippen LogP contribution in [0.4, 0.5) is 14.9 Å². The number of anilines is 1. The van der Waals surface area contributed by atoms with Crippen molar-refractivity contribution in [1.29, 1.82) is 0 Å². The van der Waals surface area contributed by atoms with E-state index in [9.17, 15) is 14.0 Å². The highest BCUT2D eigenvalue weighted by molar-refractivity contribution is 6.30. The molecule has 0 unspecified atom stereocenters. The van der Waals surface area contributed by atoms with E-state index in [4.69, 9.17) is 21.1 Å². The third kappa shape index (κ3) is 6.25. The maximum atomic E-state index is 14.7. The van der Waals surface area contributed by atoms with Gasteiger partial charge in [-0.1, -0.05) is 22.9 Å².